The van der Waals surface area contributed by atoms with E-state index in [1.54, 1.807) is 31.2 Å². The molecule has 3 aromatic rings. The van der Waals surface area contributed by atoms with E-state index < -0.39 is 11.2 Å². The van der Waals surface area contributed by atoms with Gasteiger partial charge >= 0.3 is 5.97 Å². The number of hydrogen-bond acceptors (Lipinski definition) is 8. The van der Waals surface area contributed by atoms with Crippen molar-refractivity contribution in [3.63, 3.8) is 0 Å². The minimum Gasteiger partial charge on any atom is -0.462 e. The number of nitrogen functional groups attached to an aromatic ring is 1. The van der Waals surface area contributed by atoms with Crippen LogP contribution in [0.4, 0.5) is 10.8 Å². The van der Waals surface area contributed by atoms with Gasteiger partial charge in [0.15, 0.2) is 4.34 Å². The molecule has 0 aliphatic carbocycles. The third-order valence-electron chi connectivity index (χ3n) is 3.64. The lowest BCUT2D eigenvalue weighted by Gasteiger charge is -2.15. The summed E-state index contributed by atoms with van der Waals surface area (Å²) in [4.78, 5) is 24.7. The van der Waals surface area contributed by atoms with Crippen LogP contribution in [0.3, 0.4) is 0 Å². The normalized spacial score (nSPS) is 11.6. The van der Waals surface area contributed by atoms with E-state index in [0.717, 1.165) is 5.56 Å². The van der Waals surface area contributed by atoms with Crippen LogP contribution in [0.2, 0.25) is 0 Å². The van der Waals surface area contributed by atoms with E-state index in [0.29, 0.717) is 27.3 Å². The quantitative estimate of drug-likeness (QED) is 0.447. The number of ether oxygens (including phenoxy) is 1. The molecule has 1 aromatic heterocycles. The van der Waals surface area contributed by atoms with Crippen LogP contribution >= 0.6 is 23.1 Å². The fraction of sp³-hybridized carbons (Fsp3) is 0.158. The number of carbonyl (C=O) groups excluding carboxylic acids is 2. The average molecular weight is 415 g/mol. The van der Waals surface area contributed by atoms with Gasteiger partial charge < -0.3 is 15.8 Å². The maximum atomic E-state index is 12.9. The fourth-order valence-electron chi connectivity index (χ4n) is 2.38. The summed E-state index contributed by atoms with van der Waals surface area (Å²) >= 11 is 2.51. The van der Waals surface area contributed by atoms with Gasteiger partial charge in [0.2, 0.25) is 11.0 Å². The molecule has 1 amide bonds. The predicted molar refractivity (Wildman–Crippen MR) is 110 cm³/mol. The molecule has 0 spiro atoms. The van der Waals surface area contributed by atoms with Gasteiger partial charge in [-0.3, -0.25) is 4.79 Å². The predicted octanol–water partition coefficient (Wildman–Crippen LogP) is 3.77. The lowest BCUT2D eigenvalue weighted by Crippen LogP contribution is -2.19. The first-order valence-corrected chi connectivity index (χ1v) is 10.1. The van der Waals surface area contributed by atoms with Gasteiger partial charge in [-0.1, -0.05) is 53.4 Å². The number of rotatable bonds is 7. The van der Waals surface area contributed by atoms with E-state index in [4.69, 9.17) is 10.5 Å². The highest BCUT2D eigenvalue weighted by molar-refractivity contribution is 8.02. The summed E-state index contributed by atoms with van der Waals surface area (Å²) < 4.78 is 5.57. The van der Waals surface area contributed by atoms with Gasteiger partial charge in [-0.2, -0.15) is 0 Å². The van der Waals surface area contributed by atoms with Crippen LogP contribution in [-0.4, -0.2) is 28.7 Å². The molecular formula is C19H18N4O3S2. The number of amides is 1. The Labute approximate surface area is 170 Å². The Morgan fingerprint density at radius 1 is 1.14 bits per heavy atom. The summed E-state index contributed by atoms with van der Waals surface area (Å²) in [6, 6.07) is 16.0. The Morgan fingerprint density at radius 3 is 2.46 bits per heavy atom. The summed E-state index contributed by atoms with van der Waals surface area (Å²) in [5.41, 5.74) is 7.49. The van der Waals surface area contributed by atoms with Gasteiger partial charge in [0.25, 0.3) is 0 Å². The molecule has 0 bridgehead atoms. The van der Waals surface area contributed by atoms with Gasteiger partial charge in [0.1, 0.15) is 5.25 Å². The van der Waals surface area contributed by atoms with Crippen molar-refractivity contribution in [1.29, 1.82) is 0 Å². The van der Waals surface area contributed by atoms with Crippen molar-refractivity contribution in [2.75, 3.05) is 17.7 Å². The number of thioether (sulfide) groups is 1. The molecule has 0 radical (unpaired) electrons. The van der Waals surface area contributed by atoms with Crippen LogP contribution in [0.25, 0.3) is 0 Å². The summed E-state index contributed by atoms with van der Waals surface area (Å²) in [7, 11) is 0. The zero-order valence-corrected chi connectivity index (χ0v) is 16.6. The molecule has 0 aliphatic heterocycles. The molecule has 2 aromatic carbocycles. The maximum Gasteiger partial charge on any atom is 0.338 e. The number of benzene rings is 2. The first-order chi connectivity index (χ1) is 13.6. The minimum atomic E-state index is -0.529. The number of carbonyl (C=O) groups is 2. The van der Waals surface area contributed by atoms with Crippen molar-refractivity contribution < 1.29 is 14.3 Å². The number of anilines is 2. The SMILES string of the molecule is CCOC(=O)c1ccc(NC(=O)C(Sc2nnc(N)s2)c2ccccc2)cc1. The number of esters is 1. The Bertz CT molecular complexity index is 945. The molecule has 9 heteroatoms. The highest BCUT2D eigenvalue weighted by Crippen LogP contribution is 2.38. The van der Waals surface area contributed by atoms with E-state index in [-0.39, 0.29) is 5.91 Å². The smallest absolute Gasteiger partial charge is 0.338 e. The van der Waals surface area contributed by atoms with Crippen LogP contribution in [0, 0.1) is 0 Å². The van der Waals surface area contributed by atoms with E-state index in [1.807, 2.05) is 30.3 Å². The topological polar surface area (TPSA) is 107 Å². The lowest BCUT2D eigenvalue weighted by atomic mass is 10.1. The van der Waals surface area contributed by atoms with Gasteiger partial charge in [-0.25, -0.2) is 4.79 Å². The molecule has 0 saturated carbocycles. The van der Waals surface area contributed by atoms with E-state index in [1.165, 1.54) is 23.1 Å². The largest absolute Gasteiger partial charge is 0.462 e. The molecule has 7 nitrogen and oxygen atoms in total. The van der Waals surface area contributed by atoms with E-state index in [9.17, 15) is 9.59 Å². The lowest BCUT2D eigenvalue weighted by molar-refractivity contribution is -0.115. The number of aromatic nitrogens is 2. The molecule has 144 valence electrons. The molecule has 1 heterocycles. The summed E-state index contributed by atoms with van der Waals surface area (Å²) in [6.45, 7) is 2.06. The van der Waals surface area contributed by atoms with Crippen molar-refractivity contribution in [2.45, 2.75) is 16.5 Å². The Morgan fingerprint density at radius 2 is 1.86 bits per heavy atom. The number of nitrogens with one attached hydrogen (secondary N) is 1. The van der Waals surface area contributed by atoms with Crippen molar-refractivity contribution in [1.82, 2.24) is 10.2 Å². The molecule has 28 heavy (non-hydrogen) atoms. The Hall–Kier alpha value is -2.91. The summed E-state index contributed by atoms with van der Waals surface area (Å²) in [6.07, 6.45) is 0. The van der Waals surface area contributed by atoms with Crippen molar-refractivity contribution in [2.24, 2.45) is 0 Å². The fourth-order valence-corrected chi connectivity index (χ4v) is 4.21. The third kappa shape index (κ3) is 5.08. The Kier molecular flexibility index (Phi) is 6.62. The zero-order valence-electron chi connectivity index (χ0n) is 15.0. The number of hydrogen-bond donors (Lipinski definition) is 2. The van der Waals surface area contributed by atoms with E-state index in [2.05, 4.69) is 15.5 Å². The zero-order chi connectivity index (χ0) is 19.9. The molecule has 0 aliphatic rings. The summed E-state index contributed by atoms with van der Waals surface area (Å²) in [5, 5.41) is 10.5. The second-order valence-electron chi connectivity index (χ2n) is 5.60. The monoisotopic (exact) mass is 414 g/mol. The van der Waals surface area contributed by atoms with Gasteiger partial charge in [0.05, 0.1) is 12.2 Å². The number of nitrogens with zero attached hydrogens (tertiary/aromatic N) is 2. The van der Waals surface area contributed by atoms with Gasteiger partial charge in [-0.15, -0.1) is 10.2 Å². The van der Waals surface area contributed by atoms with Crippen molar-refractivity contribution >= 4 is 45.8 Å². The second kappa shape index (κ2) is 9.34. The third-order valence-corrected chi connectivity index (χ3v) is 5.74. The standard InChI is InChI=1S/C19H18N4O3S2/c1-2-26-17(25)13-8-10-14(11-9-13)21-16(24)15(12-6-4-3-5-7-12)27-19-23-22-18(20)28-19/h3-11,15H,2H2,1H3,(H2,20,22)(H,21,24). The molecule has 0 fully saturated rings. The molecule has 1 unspecified atom stereocenters. The molecule has 0 saturated heterocycles. The first kappa shape index (κ1) is 19.8. The van der Waals surface area contributed by atoms with Gasteiger partial charge in [-0.05, 0) is 36.8 Å². The Balaban J connectivity index is 1.76. The highest BCUT2D eigenvalue weighted by Gasteiger charge is 2.24. The molecule has 3 rings (SSSR count). The van der Waals surface area contributed by atoms with Crippen LogP contribution in [0.5, 0.6) is 0 Å². The molecule has 3 N–H and O–H groups in total. The summed E-state index contributed by atoms with van der Waals surface area (Å²) in [5.74, 6) is -0.610. The first-order valence-electron chi connectivity index (χ1n) is 8.45. The average Bonchev–Trinajstić information content (AvgIpc) is 3.12. The highest BCUT2D eigenvalue weighted by atomic mass is 32.2. The van der Waals surface area contributed by atoms with Crippen molar-refractivity contribution in [3.8, 4) is 0 Å². The second-order valence-corrected chi connectivity index (χ2v) is 7.96. The van der Waals surface area contributed by atoms with Crippen LogP contribution < -0.4 is 11.1 Å². The van der Waals surface area contributed by atoms with E-state index >= 15 is 0 Å². The van der Waals surface area contributed by atoms with Crippen molar-refractivity contribution in [3.05, 3.63) is 65.7 Å². The minimum absolute atomic E-state index is 0.214. The van der Waals surface area contributed by atoms with Gasteiger partial charge in [0, 0.05) is 5.69 Å². The maximum absolute atomic E-state index is 12.9. The number of nitrogens with two attached hydrogens (primary N) is 1. The van der Waals surface area contributed by atoms with Crippen LogP contribution in [0.15, 0.2) is 58.9 Å². The molecular weight excluding hydrogens is 396 g/mol. The van der Waals surface area contributed by atoms with Crippen LogP contribution in [-0.2, 0) is 9.53 Å². The van der Waals surface area contributed by atoms with Crippen LogP contribution in [0.1, 0.15) is 28.1 Å². The molecule has 1 atom stereocenters.